The average Bonchev–Trinajstić information content (AvgIpc) is 3.12. The molecule has 170 valence electrons. The first kappa shape index (κ1) is 22.6. The van der Waals surface area contributed by atoms with E-state index >= 15 is 0 Å². The molecule has 1 aromatic heterocycles. The number of aryl methyl sites for hydroxylation is 1. The zero-order valence-electron chi connectivity index (χ0n) is 18.3. The Balaban J connectivity index is 1.67. The number of nitrogens with two attached hydrogens (primary N) is 1. The van der Waals surface area contributed by atoms with Crippen molar-refractivity contribution in [3.63, 3.8) is 0 Å². The number of carbonyl (C=O) groups is 1. The maximum Gasteiger partial charge on any atom is 0.488 e. The number of fused-ring (bicyclic) bond motifs is 1. The fraction of sp³-hybridized carbons (Fsp3) is 0.273. The number of aromatic nitrogens is 3. The summed E-state index contributed by atoms with van der Waals surface area (Å²) in [6.07, 6.45) is 1.08. The van der Waals surface area contributed by atoms with Crippen LogP contribution in [0.15, 0.2) is 36.4 Å². The van der Waals surface area contributed by atoms with E-state index in [1.165, 1.54) is 6.07 Å². The van der Waals surface area contributed by atoms with E-state index in [2.05, 4.69) is 20.5 Å². The van der Waals surface area contributed by atoms with Crippen LogP contribution < -0.4 is 21.4 Å². The van der Waals surface area contributed by atoms with Crippen LogP contribution in [0.3, 0.4) is 0 Å². The lowest BCUT2D eigenvalue weighted by Crippen LogP contribution is -2.30. The second-order valence-electron chi connectivity index (χ2n) is 7.97. The molecule has 0 fully saturated rings. The zero-order valence-corrected chi connectivity index (χ0v) is 18.3. The standard InChI is InChI=1S/C22H24BFN6O3/c1-3-18-21(26-11-13-5-4-6-14(8-13)23(32)33)27-22(29-28-18)30-12(2)7-16-17(20(25)31)9-15(24)10-19(16)30/h4-6,8-10,12,32-33H,3,7,11H2,1-2H3,(H2,25,31)(H,26,27,29). The fourth-order valence-electron chi connectivity index (χ4n) is 4.07. The van der Waals surface area contributed by atoms with Gasteiger partial charge >= 0.3 is 7.12 Å². The summed E-state index contributed by atoms with van der Waals surface area (Å²) in [5, 5.41) is 30.6. The highest BCUT2D eigenvalue weighted by molar-refractivity contribution is 6.58. The van der Waals surface area contributed by atoms with Gasteiger partial charge in [-0.2, -0.15) is 4.98 Å². The van der Waals surface area contributed by atoms with Crippen LogP contribution in [-0.2, 0) is 19.4 Å². The van der Waals surface area contributed by atoms with E-state index in [1.807, 2.05) is 19.9 Å². The van der Waals surface area contributed by atoms with Crippen molar-refractivity contribution in [3.8, 4) is 0 Å². The molecule has 1 unspecified atom stereocenters. The number of halogens is 1. The van der Waals surface area contributed by atoms with Crippen molar-refractivity contribution in [2.45, 2.75) is 39.3 Å². The molecule has 0 saturated heterocycles. The second-order valence-corrected chi connectivity index (χ2v) is 7.97. The molecule has 9 nitrogen and oxygen atoms in total. The van der Waals surface area contributed by atoms with Crippen molar-refractivity contribution >= 4 is 35.9 Å². The third-order valence-electron chi connectivity index (χ3n) is 5.66. The lowest BCUT2D eigenvalue weighted by Gasteiger charge is -2.23. The van der Waals surface area contributed by atoms with E-state index in [0.29, 0.717) is 47.6 Å². The third kappa shape index (κ3) is 4.50. The Kier molecular flexibility index (Phi) is 6.25. The summed E-state index contributed by atoms with van der Waals surface area (Å²) in [5.41, 5.74) is 8.65. The van der Waals surface area contributed by atoms with Gasteiger partial charge in [-0.1, -0.05) is 31.2 Å². The Bertz CT molecular complexity index is 1210. The topological polar surface area (TPSA) is 137 Å². The molecule has 1 amide bonds. The normalized spacial score (nSPS) is 14.8. The monoisotopic (exact) mass is 450 g/mol. The van der Waals surface area contributed by atoms with E-state index in [-0.39, 0.29) is 17.6 Å². The molecule has 1 aliphatic rings. The van der Waals surface area contributed by atoms with E-state index in [0.717, 1.165) is 11.6 Å². The number of primary amides is 1. The lowest BCUT2D eigenvalue weighted by molar-refractivity contribution is 0.0999. The van der Waals surface area contributed by atoms with Gasteiger partial charge < -0.3 is 26.0 Å². The van der Waals surface area contributed by atoms with Crippen LogP contribution in [-0.4, -0.2) is 44.3 Å². The summed E-state index contributed by atoms with van der Waals surface area (Å²) in [6, 6.07) is 9.27. The molecule has 0 radical (unpaired) electrons. The van der Waals surface area contributed by atoms with Gasteiger partial charge in [0.1, 0.15) is 11.5 Å². The van der Waals surface area contributed by atoms with Crippen LogP contribution >= 0.6 is 0 Å². The maximum absolute atomic E-state index is 14.3. The van der Waals surface area contributed by atoms with Gasteiger partial charge in [0.25, 0.3) is 5.95 Å². The first-order valence-electron chi connectivity index (χ1n) is 10.6. The van der Waals surface area contributed by atoms with Crippen molar-refractivity contribution in [1.82, 2.24) is 15.2 Å². The molecule has 1 aliphatic heterocycles. The van der Waals surface area contributed by atoms with Gasteiger partial charge in [0.2, 0.25) is 5.91 Å². The molecule has 0 spiro atoms. The highest BCUT2D eigenvalue weighted by Crippen LogP contribution is 2.39. The second kappa shape index (κ2) is 9.12. The van der Waals surface area contributed by atoms with E-state index in [9.17, 15) is 19.2 Å². The predicted octanol–water partition coefficient (Wildman–Crippen LogP) is 1.05. The number of anilines is 3. The molecule has 0 aliphatic carbocycles. The molecule has 33 heavy (non-hydrogen) atoms. The molecule has 3 aromatic rings. The number of rotatable bonds is 7. The Morgan fingerprint density at radius 1 is 1.30 bits per heavy atom. The first-order chi connectivity index (χ1) is 15.8. The van der Waals surface area contributed by atoms with Crippen LogP contribution in [0.25, 0.3) is 0 Å². The largest absolute Gasteiger partial charge is 0.488 e. The van der Waals surface area contributed by atoms with E-state index < -0.39 is 18.8 Å². The SMILES string of the molecule is CCc1nnc(N2c3cc(F)cc(C(N)=O)c3CC2C)nc1NCc1cccc(B(O)O)c1. The van der Waals surface area contributed by atoms with Crippen LogP contribution in [0.4, 0.5) is 21.8 Å². The summed E-state index contributed by atoms with van der Waals surface area (Å²) in [4.78, 5) is 18.2. The summed E-state index contributed by atoms with van der Waals surface area (Å²) in [7, 11) is -1.55. The average molecular weight is 450 g/mol. The first-order valence-corrected chi connectivity index (χ1v) is 10.6. The molecular weight excluding hydrogens is 426 g/mol. The van der Waals surface area contributed by atoms with Gasteiger partial charge in [-0.05, 0) is 48.5 Å². The number of carbonyl (C=O) groups excluding carboxylic acids is 1. The Hall–Kier alpha value is -3.57. The van der Waals surface area contributed by atoms with Crippen LogP contribution in [0, 0.1) is 5.82 Å². The molecule has 2 heterocycles. The lowest BCUT2D eigenvalue weighted by atomic mass is 9.80. The predicted molar refractivity (Wildman–Crippen MR) is 123 cm³/mol. The number of hydrogen-bond acceptors (Lipinski definition) is 8. The Morgan fingerprint density at radius 3 is 2.79 bits per heavy atom. The minimum absolute atomic E-state index is 0.134. The minimum Gasteiger partial charge on any atom is -0.423 e. The van der Waals surface area contributed by atoms with Gasteiger partial charge in [0.05, 0.1) is 5.69 Å². The van der Waals surface area contributed by atoms with Crippen molar-refractivity contribution < 1.29 is 19.2 Å². The molecule has 1 atom stereocenters. The molecular formula is C22H24BFN6O3. The Labute approximate surface area is 190 Å². The van der Waals surface area contributed by atoms with Gasteiger partial charge in [0.15, 0.2) is 5.82 Å². The minimum atomic E-state index is -1.55. The van der Waals surface area contributed by atoms with Gasteiger partial charge in [-0.25, -0.2) is 4.39 Å². The summed E-state index contributed by atoms with van der Waals surface area (Å²) < 4.78 is 14.3. The molecule has 2 aromatic carbocycles. The highest BCUT2D eigenvalue weighted by atomic mass is 19.1. The smallest absolute Gasteiger partial charge is 0.423 e. The van der Waals surface area contributed by atoms with Crippen LogP contribution in [0.2, 0.25) is 0 Å². The van der Waals surface area contributed by atoms with E-state index in [4.69, 9.17) is 5.73 Å². The van der Waals surface area contributed by atoms with Crippen molar-refractivity contribution in [2.75, 3.05) is 10.2 Å². The number of hydrogen-bond donors (Lipinski definition) is 4. The Morgan fingerprint density at radius 2 is 2.09 bits per heavy atom. The van der Waals surface area contributed by atoms with Crippen LogP contribution in [0.5, 0.6) is 0 Å². The number of benzene rings is 2. The quantitative estimate of drug-likeness (QED) is 0.392. The third-order valence-corrected chi connectivity index (χ3v) is 5.66. The van der Waals surface area contributed by atoms with Gasteiger partial charge in [-0.15, -0.1) is 10.2 Å². The van der Waals surface area contributed by atoms with Crippen molar-refractivity contribution in [3.05, 3.63) is 64.6 Å². The van der Waals surface area contributed by atoms with Crippen molar-refractivity contribution in [1.29, 1.82) is 0 Å². The number of amides is 1. The highest BCUT2D eigenvalue weighted by Gasteiger charge is 2.33. The summed E-state index contributed by atoms with van der Waals surface area (Å²) in [6.45, 7) is 4.23. The fourth-order valence-corrected chi connectivity index (χ4v) is 4.07. The van der Waals surface area contributed by atoms with Crippen LogP contribution in [0.1, 0.15) is 41.0 Å². The molecule has 0 bridgehead atoms. The van der Waals surface area contributed by atoms with Gasteiger partial charge in [0, 0.05) is 18.2 Å². The van der Waals surface area contributed by atoms with Gasteiger partial charge in [-0.3, -0.25) is 4.79 Å². The van der Waals surface area contributed by atoms with E-state index in [1.54, 1.807) is 23.1 Å². The van der Waals surface area contributed by atoms with Crippen molar-refractivity contribution in [2.24, 2.45) is 5.73 Å². The number of nitrogens with zero attached hydrogens (tertiary/aromatic N) is 4. The molecule has 4 rings (SSSR count). The molecule has 0 saturated carbocycles. The summed E-state index contributed by atoms with van der Waals surface area (Å²) in [5.74, 6) is -0.451. The molecule has 11 heteroatoms. The molecule has 5 N–H and O–H groups in total. The number of nitrogens with one attached hydrogen (secondary N) is 1. The summed E-state index contributed by atoms with van der Waals surface area (Å²) >= 11 is 0. The maximum atomic E-state index is 14.3. The zero-order chi connectivity index (χ0) is 23.7.